The molecule has 80 valence electrons. The molecule has 0 saturated heterocycles. The molecule has 1 atom stereocenters. The van der Waals surface area contributed by atoms with Crippen molar-refractivity contribution in [1.29, 1.82) is 0 Å². The number of aromatic nitrogens is 3. The van der Waals surface area contributed by atoms with Crippen LogP contribution in [0.25, 0.3) is 6.01 Å². The summed E-state index contributed by atoms with van der Waals surface area (Å²) in [5.74, 6) is 0.437. The number of oxazole rings is 1. The molecule has 2 aromatic rings. The molecular weight excluding hydrogens is 190 g/mol. The Hall–Kier alpha value is -1.58. The second kappa shape index (κ2) is 3.88. The smallest absolute Gasteiger partial charge is 0.307 e. The van der Waals surface area contributed by atoms with Crippen LogP contribution in [-0.2, 0) is 0 Å². The fourth-order valence-corrected chi connectivity index (χ4v) is 1.36. The van der Waals surface area contributed by atoms with Gasteiger partial charge in [-0.3, -0.25) is 4.57 Å². The molecular formula is C11H15N3O. The Morgan fingerprint density at radius 1 is 1.53 bits per heavy atom. The third-order valence-electron chi connectivity index (χ3n) is 2.56. The van der Waals surface area contributed by atoms with E-state index in [9.17, 15) is 0 Å². The van der Waals surface area contributed by atoms with Crippen LogP contribution in [0.1, 0.15) is 37.6 Å². The van der Waals surface area contributed by atoms with Crippen molar-refractivity contribution < 1.29 is 4.42 Å². The lowest BCUT2D eigenvalue weighted by atomic mass is 10.1. The van der Waals surface area contributed by atoms with Crippen molar-refractivity contribution in [2.45, 2.75) is 33.1 Å². The molecule has 0 radical (unpaired) electrons. The van der Waals surface area contributed by atoms with Crippen LogP contribution >= 0.6 is 0 Å². The number of hydrogen-bond acceptors (Lipinski definition) is 3. The molecule has 2 aromatic heterocycles. The zero-order valence-corrected chi connectivity index (χ0v) is 9.27. The third kappa shape index (κ3) is 1.93. The minimum Gasteiger partial charge on any atom is -0.431 e. The van der Waals surface area contributed by atoms with Crippen molar-refractivity contribution in [3.8, 4) is 6.01 Å². The van der Waals surface area contributed by atoms with E-state index in [4.69, 9.17) is 4.42 Å². The van der Waals surface area contributed by atoms with Crippen LogP contribution in [0.5, 0.6) is 0 Å². The minimum absolute atomic E-state index is 0.437. The van der Waals surface area contributed by atoms with Gasteiger partial charge < -0.3 is 4.42 Å². The molecule has 0 saturated carbocycles. The van der Waals surface area contributed by atoms with Gasteiger partial charge in [0.25, 0.3) is 0 Å². The Balaban J connectivity index is 2.27. The molecule has 0 aromatic carbocycles. The van der Waals surface area contributed by atoms with Gasteiger partial charge in [-0.1, -0.05) is 13.8 Å². The zero-order valence-electron chi connectivity index (χ0n) is 9.27. The van der Waals surface area contributed by atoms with E-state index in [1.54, 1.807) is 17.2 Å². The van der Waals surface area contributed by atoms with Gasteiger partial charge in [-0.15, -0.1) is 0 Å². The third-order valence-corrected chi connectivity index (χ3v) is 2.56. The van der Waals surface area contributed by atoms with E-state index in [2.05, 4.69) is 23.8 Å². The first-order chi connectivity index (χ1) is 7.20. The Labute approximate surface area is 89.0 Å². The summed E-state index contributed by atoms with van der Waals surface area (Å²) in [6, 6.07) is 0.589. The molecule has 0 aliphatic carbocycles. The average Bonchev–Trinajstić information content (AvgIpc) is 2.84. The van der Waals surface area contributed by atoms with Gasteiger partial charge in [-0.05, 0) is 13.3 Å². The lowest BCUT2D eigenvalue weighted by Crippen LogP contribution is -1.94. The summed E-state index contributed by atoms with van der Waals surface area (Å²) in [6.07, 6.45) is 6.39. The predicted octanol–water partition coefficient (Wildman–Crippen LogP) is 2.68. The number of hydrogen-bond donors (Lipinski definition) is 0. The molecule has 4 nitrogen and oxygen atoms in total. The summed E-state index contributed by atoms with van der Waals surface area (Å²) in [7, 11) is 0. The highest BCUT2D eigenvalue weighted by atomic mass is 16.4. The van der Waals surface area contributed by atoms with Gasteiger partial charge in [-0.2, -0.15) is 4.98 Å². The predicted molar refractivity (Wildman–Crippen MR) is 57.1 cm³/mol. The van der Waals surface area contributed by atoms with E-state index in [1.807, 2.05) is 13.1 Å². The van der Waals surface area contributed by atoms with Gasteiger partial charge in [-0.25, -0.2) is 4.98 Å². The average molecular weight is 205 g/mol. The van der Waals surface area contributed by atoms with Crippen molar-refractivity contribution in [1.82, 2.24) is 14.5 Å². The first kappa shape index (κ1) is 9.96. The monoisotopic (exact) mass is 205 g/mol. The van der Waals surface area contributed by atoms with Gasteiger partial charge in [0.2, 0.25) is 0 Å². The molecule has 0 spiro atoms. The molecule has 1 unspecified atom stereocenters. The van der Waals surface area contributed by atoms with Gasteiger partial charge >= 0.3 is 6.01 Å². The molecule has 0 amide bonds. The number of imidazole rings is 1. The maximum absolute atomic E-state index is 5.40. The number of rotatable bonds is 3. The summed E-state index contributed by atoms with van der Waals surface area (Å²) in [6.45, 7) is 6.22. The lowest BCUT2D eigenvalue weighted by Gasteiger charge is -2.00. The van der Waals surface area contributed by atoms with E-state index in [0.717, 1.165) is 17.8 Å². The van der Waals surface area contributed by atoms with Crippen LogP contribution in [0.15, 0.2) is 23.2 Å². The first-order valence-corrected chi connectivity index (χ1v) is 5.17. The topological polar surface area (TPSA) is 43.9 Å². The molecule has 0 fully saturated rings. The van der Waals surface area contributed by atoms with Gasteiger partial charge in [0.1, 0.15) is 12.6 Å². The Bertz CT molecular complexity index is 444. The van der Waals surface area contributed by atoms with Crippen LogP contribution in [0.4, 0.5) is 0 Å². The zero-order chi connectivity index (χ0) is 10.8. The summed E-state index contributed by atoms with van der Waals surface area (Å²) >= 11 is 0. The van der Waals surface area contributed by atoms with Gasteiger partial charge in [0.05, 0.1) is 11.4 Å². The maximum atomic E-state index is 5.40. The van der Waals surface area contributed by atoms with E-state index in [1.165, 1.54) is 0 Å². The molecule has 0 aliphatic heterocycles. The quantitative estimate of drug-likeness (QED) is 0.773. The normalized spacial score (nSPS) is 13.0. The van der Waals surface area contributed by atoms with Crippen LogP contribution in [0, 0.1) is 6.92 Å². The Morgan fingerprint density at radius 2 is 2.33 bits per heavy atom. The van der Waals surface area contributed by atoms with Crippen LogP contribution in [-0.4, -0.2) is 14.5 Å². The fourth-order valence-electron chi connectivity index (χ4n) is 1.36. The number of aryl methyl sites for hydroxylation is 1. The van der Waals surface area contributed by atoms with Crippen LogP contribution in [0.2, 0.25) is 0 Å². The molecule has 2 rings (SSSR count). The highest BCUT2D eigenvalue weighted by Gasteiger charge is 2.10. The number of nitrogens with zero attached hydrogens (tertiary/aromatic N) is 3. The molecule has 4 heteroatoms. The Morgan fingerprint density at radius 3 is 2.93 bits per heavy atom. The van der Waals surface area contributed by atoms with Crippen molar-refractivity contribution >= 4 is 0 Å². The van der Waals surface area contributed by atoms with Crippen LogP contribution in [0.3, 0.4) is 0 Å². The van der Waals surface area contributed by atoms with Crippen LogP contribution < -0.4 is 0 Å². The molecule has 2 heterocycles. The highest BCUT2D eigenvalue weighted by Crippen LogP contribution is 2.19. The van der Waals surface area contributed by atoms with Crippen molar-refractivity contribution in [3.63, 3.8) is 0 Å². The van der Waals surface area contributed by atoms with Crippen molar-refractivity contribution in [3.05, 3.63) is 30.2 Å². The van der Waals surface area contributed by atoms with E-state index in [0.29, 0.717) is 11.9 Å². The molecule has 0 aliphatic rings. The molecule has 0 bridgehead atoms. The van der Waals surface area contributed by atoms with Gasteiger partial charge in [0.15, 0.2) is 0 Å². The SMILES string of the molecule is CCC(C)c1coc(-n2cnc(C)c2)n1. The summed E-state index contributed by atoms with van der Waals surface area (Å²) in [5.41, 5.74) is 1.96. The fraction of sp³-hybridized carbons (Fsp3) is 0.455. The van der Waals surface area contributed by atoms with Crippen molar-refractivity contribution in [2.24, 2.45) is 0 Å². The highest BCUT2D eigenvalue weighted by molar-refractivity contribution is 5.14. The maximum Gasteiger partial charge on any atom is 0.307 e. The Kier molecular flexibility index (Phi) is 2.58. The van der Waals surface area contributed by atoms with Gasteiger partial charge in [0, 0.05) is 12.1 Å². The summed E-state index contributed by atoms with van der Waals surface area (Å²) in [5, 5.41) is 0. The second-order valence-electron chi connectivity index (χ2n) is 3.79. The summed E-state index contributed by atoms with van der Waals surface area (Å²) < 4.78 is 7.19. The van der Waals surface area contributed by atoms with E-state index in [-0.39, 0.29) is 0 Å². The lowest BCUT2D eigenvalue weighted by molar-refractivity contribution is 0.525. The second-order valence-corrected chi connectivity index (χ2v) is 3.79. The standard InChI is InChI=1S/C11H15N3O/c1-4-8(2)10-6-15-11(13-10)14-5-9(3)12-7-14/h5-8H,4H2,1-3H3. The van der Waals surface area contributed by atoms with E-state index >= 15 is 0 Å². The first-order valence-electron chi connectivity index (χ1n) is 5.17. The van der Waals surface area contributed by atoms with E-state index < -0.39 is 0 Å². The largest absolute Gasteiger partial charge is 0.431 e. The van der Waals surface area contributed by atoms with Crippen molar-refractivity contribution in [2.75, 3.05) is 0 Å². The molecule has 0 N–H and O–H groups in total. The minimum atomic E-state index is 0.437. The molecule has 15 heavy (non-hydrogen) atoms. The summed E-state index contributed by atoms with van der Waals surface area (Å²) in [4.78, 5) is 8.55.